The van der Waals surface area contributed by atoms with E-state index in [0.717, 1.165) is 24.6 Å². The Labute approximate surface area is 190 Å². The van der Waals surface area contributed by atoms with Crippen molar-refractivity contribution < 1.29 is 22.0 Å². The lowest BCUT2D eigenvalue weighted by Gasteiger charge is -2.28. The summed E-state index contributed by atoms with van der Waals surface area (Å²) in [4.78, 5) is 9.90. The van der Waals surface area contributed by atoms with Crippen molar-refractivity contribution in [2.75, 3.05) is 18.8 Å². The highest BCUT2D eigenvalue weighted by Crippen LogP contribution is 2.58. The Morgan fingerprint density at radius 1 is 1.15 bits per heavy atom. The molecule has 0 amide bonds. The van der Waals surface area contributed by atoms with E-state index < -0.39 is 35.4 Å². The van der Waals surface area contributed by atoms with Crippen LogP contribution in [0.4, 0.5) is 27.8 Å². The number of H-pyrrole nitrogens is 1. The van der Waals surface area contributed by atoms with Crippen LogP contribution in [0.15, 0.2) is 24.7 Å². The number of hydrogen-bond donors (Lipinski definition) is 2. The lowest BCUT2D eigenvalue weighted by atomic mass is 9.82. The molecule has 1 aliphatic carbocycles. The van der Waals surface area contributed by atoms with Crippen molar-refractivity contribution in [3.8, 4) is 11.3 Å². The van der Waals surface area contributed by atoms with Crippen molar-refractivity contribution >= 4 is 5.82 Å². The number of aryl methyl sites for hydroxylation is 1. The molecule has 34 heavy (non-hydrogen) atoms. The number of fused-ring (bicyclic) bond motifs is 2. The maximum atomic E-state index is 14.0. The maximum absolute atomic E-state index is 14.0. The van der Waals surface area contributed by atoms with Gasteiger partial charge in [0.2, 0.25) is 0 Å². The van der Waals surface area contributed by atoms with Crippen LogP contribution in [0.1, 0.15) is 42.4 Å². The van der Waals surface area contributed by atoms with Crippen LogP contribution in [-0.2, 0) is 18.1 Å². The second-order valence-corrected chi connectivity index (χ2v) is 9.43. The van der Waals surface area contributed by atoms with Crippen LogP contribution in [0, 0.1) is 5.92 Å². The molecule has 1 saturated heterocycles. The number of nitrogen functional groups attached to an aromatic ring is 1. The number of halogens is 5. The Morgan fingerprint density at radius 2 is 1.91 bits per heavy atom. The first-order chi connectivity index (χ1) is 16.1. The van der Waals surface area contributed by atoms with E-state index >= 15 is 0 Å². The van der Waals surface area contributed by atoms with Crippen LogP contribution in [0.2, 0.25) is 0 Å². The van der Waals surface area contributed by atoms with Gasteiger partial charge in [0.1, 0.15) is 18.0 Å². The molecule has 2 fully saturated rings. The minimum atomic E-state index is -4.62. The average Bonchev–Trinajstić information content (AvgIpc) is 3.35. The van der Waals surface area contributed by atoms with Gasteiger partial charge in [0.25, 0.3) is 5.92 Å². The number of nitrogens with zero attached hydrogens (tertiary/aromatic N) is 6. The number of nitrogens with one attached hydrogen (secondary N) is 1. The first-order valence-electron chi connectivity index (χ1n) is 11.0. The highest BCUT2D eigenvalue weighted by molar-refractivity contribution is 5.63. The number of likely N-dealkylation sites (tertiary alicyclic amines) is 1. The van der Waals surface area contributed by atoms with E-state index in [9.17, 15) is 22.0 Å². The number of rotatable bonds is 4. The Morgan fingerprint density at radius 3 is 2.59 bits per heavy atom. The Kier molecular flexibility index (Phi) is 4.39. The summed E-state index contributed by atoms with van der Waals surface area (Å²) >= 11 is 0. The summed E-state index contributed by atoms with van der Waals surface area (Å²) in [6, 6.07) is 2.19. The van der Waals surface area contributed by atoms with Crippen molar-refractivity contribution in [3.63, 3.8) is 0 Å². The molecule has 1 saturated carbocycles. The minimum Gasteiger partial charge on any atom is -0.383 e. The molecule has 3 aliphatic rings. The normalized spacial score (nSPS) is 26.8. The smallest absolute Gasteiger partial charge is 0.383 e. The third-order valence-corrected chi connectivity index (χ3v) is 7.39. The Hall–Kier alpha value is -3.09. The summed E-state index contributed by atoms with van der Waals surface area (Å²) < 4.78 is 69.7. The highest BCUT2D eigenvalue weighted by atomic mass is 19.4. The van der Waals surface area contributed by atoms with Crippen LogP contribution in [0.25, 0.3) is 11.3 Å². The molecule has 1 spiro atoms. The van der Waals surface area contributed by atoms with Crippen LogP contribution in [0.3, 0.4) is 0 Å². The molecule has 13 heteroatoms. The molecule has 8 nitrogen and oxygen atoms in total. The van der Waals surface area contributed by atoms with E-state index in [1.165, 1.54) is 12.5 Å². The fraction of sp³-hybridized carbons (Fsp3) is 0.524. The van der Waals surface area contributed by atoms with Gasteiger partial charge in [-0.1, -0.05) is 0 Å². The maximum Gasteiger partial charge on any atom is 0.419 e. The molecule has 3 aromatic rings. The molecular formula is C21H21F5N8. The average molecular weight is 480 g/mol. The van der Waals surface area contributed by atoms with E-state index in [1.54, 1.807) is 10.7 Å². The van der Waals surface area contributed by atoms with Crippen molar-refractivity contribution in [1.29, 1.82) is 0 Å². The van der Waals surface area contributed by atoms with Gasteiger partial charge in [0, 0.05) is 42.4 Å². The third kappa shape index (κ3) is 3.28. The SMILES string of the molecule is Nc1ncc(-c2cc3n(n2)CC[C@@]32CCN(C(c3ncn[nH]3)[C@@H]3CC3(F)F)C2)cc1C(F)(F)F. The second-order valence-electron chi connectivity index (χ2n) is 9.43. The molecule has 0 radical (unpaired) electrons. The van der Waals surface area contributed by atoms with Crippen molar-refractivity contribution in [2.24, 2.45) is 5.92 Å². The van der Waals surface area contributed by atoms with Gasteiger partial charge in [0.05, 0.1) is 23.2 Å². The topological polar surface area (TPSA) is 102 Å². The summed E-state index contributed by atoms with van der Waals surface area (Å²) in [5.74, 6) is -3.70. The Bertz CT molecular complexity index is 1240. The number of pyridine rings is 1. The molecule has 6 rings (SSSR count). The van der Waals surface area contributed by atoms with Gasteiger partial charge < -0.3 is 5.73 Å². The molecule has 3 atom stereocenters. The summed E-state index contributed by atoms with van der Waals surface area (Å²) in [5, 5.41) is 11.1. The number of anilines is 1. The zero-order valence-electron chi connectivity index (χ0n) is 17.9. The van der Waals surface area contributed by atoms with E-state index in [2.05, 4.69) is 25.3 Å². The molecule has 2 aliphatic heterocycles. The highest BCUT2D eigenvalue weighted by Gasteiger charge is 2.63. The predicted molar refractivity (Wildman–Crippen MR) is 110 cm³/mol. The van der Waals surface area contributed by atoms with Crippen LogP contribution in [0.5, 0.6) is 0 Å². The monoisotopic (exact) mass is 480 g/mol. The summed E-state index contributed by atoms with van der Waals surface area (Å²) in [6.07, 6.45) is -0.690. The van der Waals surface area contributed by atoms with Gasteiger partial charge in [-0.3, -0.25) is 14.7 Å². The summed E-state index contributed by atoms with van der Waals surface area (Å²) in [7, 11) is 0. The van der Waals surface area contributed by atoms with Crippen molar-refractivity contribution in [1.82, 2.24) is 34.8 Å². The summed E-state index contributed by atoms with van der Waals surface area (Å²) in [6.45, 7) is 1.73. The number of aromatic nitrogens is 6. The molecule has 0 aromatic carbocycles. The predicted octanol–water partition coefficient (Wildman–Crippen LogP) is 3.41. The molecule has 1 unspecified atom stereocenters. The zero-order valence-corrected chi connectivity index (χ0v) is 17.9. The molecular weight excluding hydrogens is 459 g/mol. The molecule has 0 bridgehead atoms. The van der Waals surface area contributed by atoms with Gasteiger partial charge in [-0.25, -0.2) is 18.7 Å². The number of hydrogen-bond acceptors (Lipinski definition) is 6. The van der Waals surface area contributed by atoms with Crippen LogP contribution in [-0.4, -0.2) is 53.9 Å². The minimum absolute atomic E-state index is 0.185. The first-order valence-corrected chi connectivity index (χ1v) is 11.0. The fourth-order valence-corrected chi connectivity index (χ4v) is 5.55. The van der Waals surface area contributed by atoms with E-state index in [4.69, 9.17) is 5.73 Å². The van der Waals surface area contributed by atoms with Gasteiger partial charge in [-0.05, 0) is 31.5 Å². The van der Waals surface area contributed by atoms with Gasteiger partial charge in [0.15, 0.2) is 0 Å². The summed E-state index contributed by atoms with van der Waals surface area (Å²) in [5.41, 5.74) is 5.61. The van der Waals surface area contributed by atoms with Gasteiger partial charge >= 0.3 is 6.18 Å². The molecule has 3 N–H and O–H groups in total. The lowest BCUT2D eigenvalue weighted by Crippen LogP contribution is -2.34. The number of aromatic amines is 1. The van der Waals surface area contributed by atoms with Gasteiger partial charge in [-0.15, -0.1) is 0 Å². The van der Waals surface area contributed by atoms with E-state index in [1.807, 2.05) is 4.90 Å². The lowest BCUT2D eigenvalue weighted by molar-refractivity contribution is -0.137. The van der Waals surface area contributed by atoms with E-state index in [0.29, 0.717) is 31.2 Å². The fourth-order valence-electron chi connectivity index (χ4n) is 5.55. The van der Waals surface area contributed by atoms with Crippen LogP contribution < -0.4 is 5.73 Å². The third-order valence-electron chi connectivity index (χ3n) is 7.39. The molecule has 3 aromatic heterocycles. The largest absolute Gasteiger partial charge is 0.419 e. The number of nitrogens with two attached hydrogens (primary N) is 1. The van der Waals surface area contributed by atoms with Crippen LogP contribution >= 0.6 is 0 Å². The van der Waals surface area contributed by atoms with Crippen molar-refractivity contribution in [2.45, 2.75) is 49.4 Å². The quantitative estimate of drug-likeness (QED) is 0.555. The number of alkyl halides is 5. The second kappa shape index (κ2) is 6.96. The Balaban J connectivity index is 1.30. The molecule has 180 valence electrons. The van der Waals surface area contributed by atoms with E-state index in [-0.39, 0.29) is 17.4 Å². The zero-order chi connectivity index (χ0) is 23.9. The standard InChI is InChI=1S/C21H21F5N8/c22-20(23)7-13(20)16(18-29-10-30-31-18)33-3-1-19(9-33)2-4-34-15(19)6-14(32-34)11-5-12(21(24,25)26)17(27)28-8-11/h5-6,8,10,13,16H,1-4,7,9H2,(H2,27,28)(H,29,30,31)/t13-,16?,19+/m0/s1. The van der Waals surface area contributed by atoms with Gasteiger partial charge in [-0.2, -0.15) is 23.4 Å². The first kappa shape index (κ1) is 21.4. The van der Waals surface area contributed by atoms with Crippen molar-refractivity contribution in [3.05, 3.63) is 41.7 Å². The molecule has 5 heterocycles.